The van der Waals surface area contributed by atoms with Gasteiger partial charge in [0.1, 0.15) is 24.9 Å². The number of rotatable bonds is 5. The van der Waals surface area contributed by atoms with E-state index in [9.17, 15) is 0 Å². The molecule has 0 spiro atoms. The number of benzene rings is 7. The quantitative estimate of drug-likeness (QED) is 0.131. The summed E-state index contributed by atoms with van der Waals surface area (Å²) in [6.45, 7) is 4.96. The van der Waals surface area contributed by atoms with Gasteiger partial charge in [0.15, 0.2) is 5.84 Å². The number of aliphatic imine (C=N–C) groups is 2. The van der Waals surface area contributed by atoms with Crippen molar-refractivity contribution in [2.45, 2.75) is 13.1 Å². The minimum absolute atomic E-state index is 0.625. The number of fused-ring (bicyclic) bond motifs is 6. The van der Waals surface area contributed by atoms with Gasteiger partial charge in [-0.15, -0.1) is 0 Å². The van der Waals surface area contributed by atoms with Crippen LogP contribution >= 0.6 is 0 Å². The Morgan fingerprint density at radius 2 is 1.09 bits per heavy atom. The lowest BCUT2D eigenvalue weighted by atomic mass is 9.91. The second kappa shape index (κ2) is 12.3. The van der Waals surface area contributed by atoms with Crippen molar-refractivity contribution in [2.24, 2.45) is 9.98 Å². The molecule has 0 fully saturated rings. The molecule has 0 N–H and O–H groups in total. The largest absolute Gasteiger partial charge is 0.456 e. The van der Waals surface area contributed by atoms with Gasteiger partial charge in [-0.05, 0) is 62.0 Å². The molecule has 10 rings (SSSR count). The predicted octanol–water partition coefficient (Wildman–Crippen LogP) is 11.2. The van der Waals surface area contributed by atoms with Crippen LogP contribution in [0.3, 0.4) is 0 Å². The monoisotopic (exact) mass is 694 g/mol. The average molecular weight is 695 g/mol. The molecule has 250 valence electrons. The standard InChI is InChI=1S/C49H34N2OSi/c1-53(2)44-25-15-13-23-39(44)45-37(27-26-36(48(45)53)33-18-8-4-9-19-33)41-30-29-40(34-20-10-5-11-21-34)50-49(51-41)47-35(32-16-6-3-7-17-32)28-31-43-46(47)38-22-12-14-24-42(38)52-43/h3-28,30-31H,1-2H3. The molecule has 0 saturated heterocycles. The smallest absolute Gasteiger partial charge is 0.162 e. The molecule has 0 bridgehead atoms. The van der Waals surface area contributed by atoms with Crippen molar-refractivity contribution in [2.75, 3.05) is 0 Å². The van der Waals surface area contributed by atoms with Crippen LogP contribution in [0, 0.1) is 0 Å². The summed E-state index contributed by atoms with van der Waals surface area (Å²) in [7, 11) is -2.11. The molecule has 3 heterocycles. The van der Waals surface area contributed by atoms with E-state index in [1.54, 1.807) is 0 Å². The third-order valence-corrected chi connectivity index (χ3v) is 14.3. The molecule has 8 aromatic rings. The van der Waals surface area contributed by atoms with E-state index in [1.165, 1.54) is 32.6 Å². The van der Waals surface area contributed by atoms with Crippen molar-refractivity contribution in [1.82, 2.24) is 0 Å². The first-order chi connectivity index (χ1) is 26.1. The molecule has 4 heteroatoms. The van der Waals surface area contributed by atoms with Crippen molar-refractivity contribution in [3.63, 3.8) is 0 Å². The van der Waals surface area contributed by atoms with Crippen molar-refractivity contribution in [3.05, 3.63) is 192 Å². The van der Waals surface area contributed by atoms with Gasteiger partial charge in [0.2, 0.25) is 0 Å². The van der Waals surface area contributed by atoms with Crippen LogP contribution in [0.15, 0.2) is 190 Å². The maximum absolute atomic E-state index is 6.48. The van der Waals surface area contributed by atoms with E-state index in [0.717, 1.165) is 61.2 Å². The molecule has 1 aromatic heterocycles. The summed E-state index contributed by atoms with van der Waals surface area (Å²) in [5, 5.41) is 4.93. The Balaban J connectivity index is 1.30. The van der Waals surface area contributed by atoms with E-state index in [0.29, 0.717) is 5.84 Å². The van der Waals surface area contributed by atoms with Gasteiger partial charge in [-0.3, -0.25) is 0 Å². The highest BCUT2D eigenvalue weighted by atomic mass is 28.3. The molecule has 0 amide bonds. The molecule has 0 atom stereocenters. The molecule has 0 unspecified atom stereocenters. The van der Waals surface area contributed by atoms with Crippen LogP contribution in [0.1, 0.15) is 16.7 Å². The van der Waals surface area contributed by atoms with Gasteiger partial charge in [-0.1, -0.05) is 164 Å². The molecule has 0 aliphatic carbocycles. The second-order valence-electron chi connectivity index (χ2n) is 14.2. The first-order valence-corrected chi connectivity index (χ1v) is 21.1. The zero-order valence-electron chi connectivity index (χ0n) is 29.5. The molecular formula is C49H34N2OSi. The maximum atomic E-state index is 6.48. The van der Waals surface area contributed by atoms with Crippen molar-refractivity contribution < 1.29 is 4.42 Å². The van der Waals surface area contributed by atoms with Crippen LogP contribution in [0.2, 0.25) is 13.1 Å². The lowest BCUT2D eigenvalue weighted by Crippen LogP contribution is -2.50. The highest BCUT2D eigenvalue weighted by Crippen LogP contribution is 2.40. The van der Waals surface area contributed by atoms with Gasteiger partial charge in [0.25, 0.3) is 0 Å². The van der Waals surface area contributed by atoms with Crippen LogP contribution in [-0.4, -0.2) is 19.6 Å². The third-order valence-electron chi connectivity index (χ3n) is 10.7. The Morgan fingerprint density at radius 1 is 0.491 bits per heavy atom. The Labute approximate surface area is 309 Å². The fraction of sp³-hybridized carbons (Fsp3) is 0.0408. The first-order valence-electron chi connectivity index (χ1n) is 18.1. The lowest BCUT2D eigenvalue weighted by Gasteiger charge is -2.23. The first kappa shape index (κ1) is 31.2. The Morgan fingerprint density at radius 3 is 1.85 bits per heavy atom. The number of nitrogens with zero attached hydrogens (tertiary/aromatic N) is 2. The van der Waals surface area contributed by atoms with E-state index in [1.807, 2.05) is 36.4 Å². The van der Waals surface area contributed by atoms with E-state index >= 15 is 0 Å². The minimum atomic E-state index is -2.11. The van der Waals surface area contributed by atoms with Gasteiger partial charge in [-0.25, -0.2) is 9.98 Å². The minimum Gasteiger partial charge on any atom is -0.456 e. The summed E-state index contributed by atoms with van der Waals surface area (Å²) < 4.78 is 6.48. The highest BCUT2D eigenvalue weighted by Gasteiger charge is 2.41. The van der Waals surface area contributed by atoms with Crippen LogP contribution in [0.4, 0.5) is 0 Å². The summed E-state index contributed by atoms with van der Waals surface area (Å²) in [5.41, 5.74) is 17.1. The molecule has 0 radical (unpaired) electrons. The number of furan rings is 1. The van der Waals surface area contributed by atoms with Gasteiger partial charge in [0, 0.05) is 33.5 Å². The van der Waals surface area contributed by atoms with Gasteiger partial charge < -0.3 is 4.42 Å². The number of amidine groups is 1. The Hall–Kier alpha value is -6.58. The summed E-state index contributed by atoms with van der Waals surface area (Å²) in [4.78, 5) is 11.0. The van der Waals surface area contributed by atoms with Crippen LogP contribution in [-0.2, 0) is 0 Å². The highest BCUT2D eigenvalue weighted by molar-refractivity contribution is 7.04. The van der Waals surface area contributed by atoms with Crippen LogP contribution in [0.5, 0.6) is 0 Å². The SMILES string of the molecule is C[Si]1(C)c2ccccc2-c2c(C3=NC(c4c(-c5ccccc5)ccc5oc6ccccc6c45)=NC(c4ccccc4)=C=C3)ccc(-c3ccccc3)c21. The topological polar surface area (TPSA) is 37.9 Å². The predicted molar refractivity (Wildman–Crippen MR) is 224 cm³/mol. The van der Waals surface area contributed by atoms with Gasteiger partial charge >= 0.3 is 0 Å². The normalized spacial score (nSPS) is 14.3. The van der Waals surface area contributed by atoms with Crippen molar-refractivity contribution in [1.29, 1.82) is 0 Å². The number of allylic oxidation sites excluding steroid dienone is 1. The summed E-state index contributed by atoms with van der Waals surface area (Å²) in [5.74, 6) is 0.625. The molecular weight excluding hydrogens is 661 g/mol. The maximum Gasteiger partial charge on any atom is 0.162 e. The molecule has 0 saturated carbocycles. The molecule has 3 nitrogen and oxygen atoms in total. The number of hydrogen-bond donors (Lipinski definition) is 0. The van der Waals surface area contributed by atoms with E-state index in [4.69, 9.17) is 14.4 Å². The van der Waals surface area contributed by atoms with Crippen molar-refractivity contribution in [3.8, 4) is 33.4 Å². The molecule has 2 aliphatic heterocycles. The van der Waals surface area contributed by atoms with E-state index < -0.39 is 8.07 Å². The van der Waals surface area contributed by atoms with E-state index in [-0.39, 0.29) is 0 Å². The molecule has 7 aromatic carbocycles. The fourth-order valence-electron chi connectivity index (χ4n) is 8.33. The summed E-state index contributed by atoms with van der Waals surface area (Å²) in [6, 6.07) is 57.7. The zero-order valence-corrected chi connectivity index (χ0v) is 30.5. The molecule has 2 aliphatic rings. The number of para-hydroxylation sites is 1. The van der Waals surface area contributed by atoms with Crippen LogP contribution in [0.25, 0.3) is 61.0 Å². The second-order valence-corrected chi connectivity index (χ2v) is 18.5. The van der Waals surface area contributed by atoms with Crippen LogP contribution < -0.4 is 10.4 Å². The van der Waals surface area contributed by atoms with E-state index in [2.05, 4.69) is 152 Å². The average Bonchev–Trinajstić information content (AvgIpc) is 3.60. The molecule has 53 heavy (non-hydrogen) atoms. The summed E-state index contributed by atoms with van der Waals surface area (Å²) >= 11 is 0. The number of hydrogen-bond acceptors (Lipinski definition) is 3. The fourth-order valence-corrected chi connectivity index (χ4v) is 11.8. The zero-order chi connectivity index (χ0) is 35.5. The van der Waals surface area contributed by atoms with Gasteiger partial charge in [-0.2, -0.15) is 0 Å². The third kappa shape index (κ3) is 5.03. The van der Waals surface area contributed by atoms with Gasteiger partial charge in [0.05, 0.1) is 5.71 Å². The summed E-state index contributed by atoms with van der Waals surface area (Å²) in [6.07, 6.45) is 2.04. The lowest BCUT2D eigenvalue weighted by molar-refractivity contribution is 0.669. The van der Waals surface area contributed by atoms with Crippen molar-refractivity contribution >= 4 is 57.6 Å². The Kier molecular flexibility index (Phi) is 7.22. The Bertz CT molecular complexity index is 2870.